The van der Waals surface area contributed by atoms with E-state index in [4.69, 9.17) is 23.2 Å². The molecular formula is C20H16Cl2N4O2. The van der Waals surface area contributed by atoms with E-state index >= 15 is 0 Å². The molecule has 0 bridgehead atoms. The van der Waals surface area contributed by atoms with E-state index in [1.54, 1.807) is 37.5 Å². The Bertz CT molecular complexity index is 1090. The lowest BCUT2D eigenvalue weighted by Crippen LogP contribution is -2.45. The average molecular weight is 415 g/mol. The Morgan fingerprint density at radius 3 is 2.54 bits per heavy atom. The van der Waals surface area contributed by atoms with Gasteiger partial charge >= 0.3 is 0 Å². The first-order valence-corrected chi connectivity index (χ1v) is 9.36. The fourth-order valence-corrected chi connectivity index (χ4v) is 3.70. The van der Waals surface area contributed by atoms with Crippen molar-refractivity contribution in [1.29, 1.82) is 0 Å². The number of aromatic nitrogens is 2. The molecule has 4 rings (SSSR count). The Morgan fingerprint density at radius 2 is 1.86 bits per heavy atom. The van der Waals surface area contributed by atoms with Crippen molar-refractivity contribution < 1.29 is 9.59 Å². The number of halogens is 2. The maximum Gasteiger partial charge on any atom is 0.270 e. The second-order valence-corrected chi connectivity index (χ2v) is 8.42. The molecule has 28 heavy (non-hydrogen) atoms. The molecule has 2 heterocycles. The maximum atomic E-state index is 12.8. The van der Waals surface area contributed by atoms with E-state index in [0.717, 1.165) is 5.56 Å². The van der Waals surface area contributed by atoms with Gasteiger partial charge in [-0.2, -0.15) is 0 Å². The molecule has 2 N–H and O–H groups in total. The van der Waals surface area contributed by atoms with Gasteiger partial charge in [-0.1, -0.05) is 18.2 Å². The zero-order valence-electron chi connectivity index (χ0n) is 14.9. The van der Waals surface area contributed by atoms with Crippen LogP contribution in [-0.2, 0) is 4.79 Å². The largest absolute Gasteiger partial charge is 0.273 e. The lowest BCUT2D eigenvalue weighted by molar-refractivity contribution is -0.126. The molecule has 1 aliphatic carbocycles. The van der Waals surface area contributed by atoms with Gasteiger partial charge in [0.25, 0.3) is 5.91 Å². The van der Waals surface area contributed by atoms with Crippen LogP contribution in [0.2, 0.25) is 0 Å². The summed E-state index contributed by atoms with van der Waals surface area (Å²) in [6.45, 7) is 1.65. The fraction of sp³-hybridized carbons (Fsp3) is 0.200. The van der Waals surface area contributed by atoms with Crippen molar-refractivity contribution in [1.82, 2.24) is 20.8 Å². The third kappa shape index (κ3) is 3.19. The highest BCUT2D eigenvalue weighted by atomic mass is 35.5. The van der Waals surface area contributed by atoms with E-state index in [1.807, 2.05) is 24.3 Å². The molecule has 2 aromatic heterocycles. The number of carbonyl (C=O) groups is 2. The Labute approximate surface area is 171 Å². The lowest BCUT2D eigenvalue weighted by Gasteiger charge is -2.14. The summed E-state index contributed by atoms with van der Waals surface area (Å²) in [6, 6.07) is 12.6. The van der Waals surface area contributed by atoms with Crippen LogP contribution in [-0.4, -0.2) is 26.1 Å². The lowest BCUT2D eigenvalue weighted by atomic mass is 10.0. The van der Waals surface area contributed by atoms with Crippen molar-refractivity contribution in [2.45, 2.75) is 17.7 Å². The Hall–Kier alpha value is -2.70. The van der Waals surface area contributed by atoms with Gasteiger partial charge in [-0.3, -0.25) is 25.4 Å². The summed E-state index contributed by atoms with van der Waals surface area (Å²) in [4.78, 5) is 33.8. The minimum atomic E-state index is -1.11. The molecule has 2 amide bonds. The van der Waals surface area contributed by atoms with Crippen LogP contribution in [0.25, 0.3) is 22.2 Å². The van der Waals surface area contributed by atoms with Gasteiger partial charge in [0.15, 0.2) is 0 Å². The molecule has 142 valence electrons. The quantitative estimate of drug-likeness (QED) is 0.506. The molecule has 3 aromatic rings. The zero-order chi connectivity index (χ0) is 19.9. The van der Waals surface area contributed by atoms with Crippen LogP contribution < -0.4 is 10.9 Å². The van der Waals surface area contributed by atoms with Gasteiger partial charge in [-0.25, -0.2) is 4.98 Å². The van der Waals surface area contributed by atoms with Crippen molar-refractivity contribution in [2.75, 3.05) is 0 Å². The standard InChI is InChI=1S/C20H16Cl2N4O2/c1-19(11-20(19,21)22)18(28)26-25-17(27)14-9-16(12-5-4-8-23-10-12)24-15-7-3-2-6-13(14)15/h2-10H,11H2,1H3,(H,25,27)(H,26,28)/t19-/m0/s1. The molecule has 8 heteroatoms. The van der Waals surface area contributed by atoms with Gasteiger partial charge in [0, 0.05) is 23.3 Å². The molecule has 0 spiro atoms. The molecule has 0 unspecified atom stereocenters. The summed E-state index contributed by atoms with van der Waals surface area (Å²) in [5.74, 6) is -0.896. The summed E-state index contributed by atoms with van der Waals surface area (Å²) >= 11 is 12.0. The van der Waals surface area contributed by atoms with Crippen LogP contribution in [0.15, 0.2) is 54.9 Å². The summed E-state index contributed by atoms with van der Waals surface area (Å²) in [5, 5.41) is 0.670. The molecule has 0 saturated heterocycles. The molecule has 0 radical (unpaired) electrons. The molecule has 6 nitrogen and oxygen atoms in total. The highest BCUT2D eigenvalue weighted by Crippen LogP contribution is 2.63. The van der Waals surface area contributed by atoms with Gasteiger partial charge < -0.3 is 0 Å². The van der Waals surface area contributed by atoms with Gasteiger partial charge in [0.2, 0.25) is 5.91 Å². The number of rotatable bonds is 3. The predicted octanol–water partition coefficient (Wildman–Crippen LogP) is 3.64. The molecule has 1 saturated carbocycles. The molecular weight excluding hydrogens is 399 g/mol. The van der Waals surface area contributed by atoms with Crippen molar-refractivity contribution >= 4 is 45.9 Å². The molecule has 0 aliphatic heterocycles. The summed E-state index contributed by atoms with van der Waals surface area (Å²) in [7, 11) is 0. The maximum absolute atomic E-state index is 12.8. The van der Waals surface area contributed by atoms with Crippen molar-refractivity contribution in [3.63, 3.8) is 0 Å². The number of benzene rings is 1. The summed E-state index contributed by atoms with van der Waals surface area (Å²) in [6.07, 6.45) is 3.67. The van der Waals surface area contributed by atoms with Crippen LogP contribution in [0.4, 0.5) is 0 Å². The van der Waals surface area contributed by atoms with E-state index in [-0.39, 0.29) is 0 Å². The highest BCUT2D eigenvalue weighted by Gasteiger charge is 2.68. The smallest absolute Gasteiger partial charge is 0.270 e. The number of hydrogen-bond donors (Lipinski definition) is 2. The van der Waals surface area contributed by atoms with E-state index in [9.17, 15) is 9.59 Å². The first-order chi connectivity index (χ1) is 13.3. The number of hydrogen-bond acceptors (Lipinski definition) is 4. The number of carbonyl (C=O) groups excluding carboxylic acids is 2. The molecule has 1 atom stereocenters. The third-order valence-electron chi connectivity index (χ3n) is 4.97. The van der Waals surface area contributed by atoms with Gasteiger partial charge in [-0.15, -0.1) is 23.2 Å². The van der Waals surface area contributed by atoms with Gasteiger partial charge in [0.05, 0.1) is 22.2 Å². The van der Waals surface area contributed by atoms with Crippen molar-refractivity contribution in [3.8, 4) is 11.3 Å². The highest BCUT2D eigenvalue weighted by molar-refractivity contribution is 6.53. The normalized spacial score (nSPS) is 19.8. The number of nitrogens with zero attached hydrogens (tertiary/aromatic N) is 2. The number of fused-ring (bicyclic) bond motifs is 1. The first-order valence-electron chi connectivity index (χ1n) is 8.61. The molecule has 1 aromatic carbocycles. The van der Waals surface area contributed by atoms with Crippen LogP contribution in [0.5, 0.6) is 0 Å². The first kappa shape index (κ1) is 18.7. The van der Waals surface area contributed by atoms with Crippen LogP contribution in [0, 0.1) is 5.41 Å². The molecule has 1 fully saturated rings. The number of nitrogens with one attached hydrogen (secondary N) is 2. The predicted molar refractivity (Wildman–Crippen MR) is 108 cm³/mol. The number of para-hydroxylation sites is 1. The SMILES string of the molecule is C[C@@]1(C(=O)NNC(=O)c2cc(-c3cccnc3)nc3ccccc23)CC1(Cl)Cl. The fourth-order valence-electron chi connectivity index (χ4n) is 2.99. The van der Waals surface area contributed by atoms with Crippen LogP contribution in [0.3, 0.4) is 0 Å². The van der Waals surface area contributed by atoms with E-state index in [0.29, 0.717) is 28.6 Å². The number of hydrazine groups is 1. The second kappa shape index (κ2) is 6.72. The van der Waals surface area contributed by atoms with Crippen molar-refractivity contribution in [3.05, 3.63) is 60.4 Å². The van der Waals surface area contributed by atoms with Crippen LogP contribution in [0.1, 0.15) is 23.7 Å². The Kier molecular flexibility index (Phi) is 4.48. The van der Waals surface area contributed by atoms with E-state index in [2.05, 4.69) is 20.8 Å². The van der Waals surface area contributed by atoms with Gasteiger partial charge in [-0.05, 0) is 37.6 Å². The average Bonchev–Trinajstić information content (AvgIpc) is 3.24. The molecule has 1 aliphatic rings. The third-order valence-corrected chi connectivity index (χ3v) is 6.07. The number of pyridine rings is 2. The topological polar surface area (TPSA) is 84.0 Å². The second-order valence-electron chi connectivity index (χ2n) is 6.94. The zero-order valence-corrected chi connectivity index (χ0v) is 16.4. The monoisotopic (exact) mass is 414 g/mol. The minimum Gasteiger partial charge on any atom is -0.273 e. The summed E-state index contributed by atoms with van der Waals surface area (Å²) < 4.78 is -1.11. The van der Waals surface area contributed by atoms with E-state index in [1.165, 1.54) is 0 Å². The van der Waals surface area contributed by atoms with Crippen molar-refractivity contribution in [2.24, 2.45) is 5.41 Å². The van der Waals surface area contributed by atoms with Crippen LogP contribution >= 0.6 is 23.2 Å². The van der Waals surface area contributed by atoms with E-state index < -0.39 is 21.6 Å². The summed E-state index contributed by atoms with van der Waals surface area (Å²) in [5.41, 5.74) is 6.39. The number of alkyl halides is 2. The van der Waals surface area contributed by atoms with Gasteiger partial charge in [0.1, 0.15) is 4.33 Å². The Balaban J connectivity index is 1.64. The number of amides is 2. The Morgan fingerprint density at radius 1 is 1.11 bits per heavy atom. The minimum absolute atomic E-state index is 0.328.